The van der Waals surface area contributed by atoms with Crippen LogP contribution >= 0.6 is 0 Å². The van der Waals surface area contributed by atoms with E-state index in [0.717, 1.165) is 50.0 Å². The molecule has 2 saturated heterocycles. The van der Waals surface area contributed by atoms with Crippen LogP contribution in [0.25, 0.3) is 0 Å². The number of nitrogens with zero attached hydrogens (tertiary/aromatic N) is 2. The number of nitrogens with one attached hydrogen (secondary N) is 1. The molecule has 3 amide bonds. The number of aryl methyl sites for hydroxylation is 1. The molecule has 0 radical (unpaired) electrons. The van der Waals surface area contributed by atoms with E-state index in [1.807, 2.05) is 36.1 Å². The van der Waals surface area contributed by atoms with Crippen molar-refractivity contribution in [3.63, 3.8) is 0 Å². The Morgan fingerprint density at radius 3 is 2.28 bits per heavy atom. The predicted octanol–water partition coefficient (Wildman–Crippen LogP) is 3.64. The number of anilines is 1. The van der Waals surface area contributed by atoms with Crippen LogP contribution in [0, 0.1) is 12.8 Å². The van der Waals surface area contributed by atoms with Crippen molar-refractivity contribution in [2.45, 2.75) is 45.4 Å². The van der Waals surface area contributed by atoms with Crippen LogP contribution < -0.4 is 5.32 Å². The zero-order valence-electron chi connectivity index (χ0n) is 15.2. The van der Waals surface area contributed by atoms with Gasteiger partial charge in [0.2, 0.25) is 5.91 Å². The third kappa shape index (κ3) is 4.74. The number of likely N-dealkylation sites (tertiary alicyclic amines) is 2. The summed E-state index contributed by atoms with van der Waals surface area (Å²) in [6, 6.07) is 7.76. The Hall–Kier alpha value is -2.04. The highest BCUT2D eigenvalue weighted by Crippen LogP contribution is 2.22. The molecule has 0 bridgehead atoms. The molecule has 5 nitrogen and oxygen atoms in total. The van der Waals surface area contributed by atoms with Crippen LogP contribution in [-0.4, -0.2) is 47.9 Å². The molecule has 1 aromatic carbocycles. The molecule has 0 spiro atoms. The van der Waals surface area contributed by atoms with Gasteiger partial charge in [-0.1, -0.05) is 25.0 Å². The van der Waals surface area contributed by atoms with Gasteiger partial charge in [0, 0.05) is 37.8 Å². The van der Waals surface area contributed by atoms with Crippen LogP contribution in [0.4, 0.5) is 10.5 Å². The molecule has 2 fully saturated rings. The van der Waals surface area contributed by atoms with E-state index in [0.29, 0.717) is 19.0 Å². The molecular formula is C20H29N3O2. The Kier molecular flexibility index (Phi) is 5.95. The molecule has 0 aromatic heterocycles. The first kappa shape index (κ1) is 17.8. The number of piperidine rings is 1. The highest BCUT2D eigenvalue weighted by molar-refractivity contribution is 5.89. The predicted molar refractivity (Wildman–Crippen MR) is 99.5 cm³/mol. The van der Waals surface area contributed by atoms with Crippen LogP contribution in [0.3, 0.4) is 0 Å². The van der Waals surface area contributed by atoms with Gasteiger partial charge in [-0.15, -0.1) is 0 Å². The number of urea groups is 1. The summed E-state index contributed by atoms with van der Waals surface area (Å²) < 4.78 is 0. The maximum atomic E-state index is 12.7. The van der Waals surface area contributed by atoms with Crippen molar-refractivity contribution in [2.24, 2.45) is 5.92 Å². The fourth-order valence-corrected chi connectivity index (χ4v) is 3.80. The number of benzene rings is 1. The van der Waals surface area contributed by atoms with Gasteiger partial charge in [-0.25, -0.2) is 4.79 Å². The van der Waals surface area contributed by atoms with E-state index in [2.05, 4.69) is 10.2 Å². The second-order valence-corrected chi connectivity index (χ2v) is 7.30. The van der Waals surface area contributed by atoms with Crippen LogP contribution in [0.15, 0.2) is 24.3 Å². The normalized spacial score (nSPS) is 19.4. The van der Waals surface area contributed by atoms with Crippen molar-refractivity contribution in [3.8, 4) is 0 Å². The van der Waals surface area contributed by atoms with Gasteiger partial charge >= 0.3 is 6.03 Å². The lowest BCUT2D eigenvalue weighted by atomic mass is 9.95. The summed E-state index contributed by atoms with van der Waals surface area (Å²) in [5.41, 5.74) is 1.95. The van der Waals surface area contributed by atoms with Gasteiger partial charge in [-0.2, -0.15) is 0 Å². The van der Waals surface area contributed by atoms with Gasteiger partial charge in [0.05, 0.1) is 0 Å². The monoisotopic (exact) mass is 343 g/mol. The minimum atomic E-state index is -0.0636. The number of amides is 3. The first-order valence-electron chi connectivity index (χ1n) is 9.55. The van der Waals surface area contributed by atoms with E-state index in [9.17, 15) is 9.59 Å². The molecule has 0 aliphatic carbocycles. The largest absolute Gasteiger partial charge is 0.342 e. The van der Waals surface area contributed by atoms with Crippen LogP contribution in [0.1, 0.15) is 44.1 Å². The number of carbonyl (C=O) groups is 2. The van der Waals surface area contributed by atoms with Gasteiger partial charge in [0.15, 0.2) is 0 Å². The number of rotatable bonds is 2. The minimum Gasteiger partial charge on any atom is -0.342 e. The molecule has 0 atom stereocenters. The van der Waals surface area contributed by atoms with E-state index in [1.54, 1.807) is 0 Å². The lowest BCUT2D eigenvalue weighted by Gasteiger charge is -2.34. The zero-order valence-corrected chi connectivity index (χ0v) is 15.2. The summed E-state index contributed by atoms with van der Waals surface area (Å²) in [4.78, 5) is 29.0. The van der Waals surface area contributed by atoms with Gasteiger partial charge in [-0.3, -0.25) is 4.79 Å². The third-order valence-corrected chi connectivity index (χ3v) is 5.32. The Labute approximate surface area is 150 Å². The van der Waals surface area contributed by atoms with Crippen molar-refractivity contribution in [1.29, 1.82) is 0 Å². The number of carbonyl (C=O) groups excluding carboxylic acids is 2. The summed E-state index contributed by atoms with van der Waals surface area (Å²) in [5.74, 6) is 0.391. The van der Waals surface area contributed by atoms with Gasteiger partial charge in [-0.05, 0) is 50.3 Å². The van der Waals surface area contributed by atoms with Crippen molar-refractivity contribution in [2.75, 3.05) is 31.5 Å². The van der Waals surface area contributed by atoms with Crippen LogP contribution in [0.5, 0.6) is 0 Å². The first-order chi connectivity index (χ1) is 12.1. The second-order valence-electron chi connectivity index (χ2n) is 7.30. The molecule has 1 N–H and O–H groups in total. The molecule has 2 heterocycles. The number of hydrogen-bond donors (Lipinski definition) is 1. The Morgan fingerprint density at radius 2 is 1.64 bits per heavy atom. The molecule has 0 unspecified atom stereocenters. The second kappa shape index (κ2) is 8.37. The summed E-state index contributed by atoms with van der Waals surface area (Å²) in [6.07, 6.45) is 6.28. The molecule has 2 aliphatic rings. The average Bonchev–Trinajstić information content (AvgIpc) is 2.90. The highest BCUT2D eigenvalue weighted by Gasteiger charge is 2.30. The maximum Gasteiger partial charge on any atom is 0.321 e. The van der Waals surface area contributed by atoms with Crippen molar-refractivity contribution in [1.82, 2.24) is 9.80 Å². The third-order valence-electron chi connectivity index (χ3n) is 5.32. The standard InChI is InChI=1S/C20H29N3O2/c1-16-7-6-8-18(15-16)21-20(25)23-13-9-17(10-14-23)19(24)22-11-4-2-3-5-12-22/h6-8,15,17H,2-5,9-14H2,1H3,(H,21,25). The molecular weight excluding hydrogens is 314 g/mol. The van der Waals surface area contributed by atoms with Gasteiger partial charge < -0.3 is 15.1 Å². The Morgan fingerprint density at radius 1 is 0.960 bits per heavy atom. The molecule has 1 aromatic rings. The fraction of sp³-hybridized carbons (Fsp3) is 0.600. The Bertz CT molecular complexity index is 601. The molecule has 25 heavy (non-hydrogen) atoms. The average molecular weight is 343 g/mol. The summed E-state index contributed by atoms with van der Waals surface area (Å²) >= 11 is 0. The summed E-state index contributed by atoms with van der Waals surface area (Å²) in [7, 11) is 0. The molecule has 136 valence electrons. The Balaban J connectivity index is 1.49. The lowest BCUT2D eigenvalue weighted by molar-refractivity contribution is -0.136. The summed E-state index contributed by atoms with van der Waals surface area (Å²) in [6.45, 7) is 5.14. The molecule has 2 aliphatic heterocycles. The van der Waals surface area contributed by atoms with E-state index in [-0.39, 0.29) is 11.9 Å². The van der Waals surface area contributed by atoms with Crippen molar-refractivity contribution < 1.29 is 9.59 Å². The van der Waals surface area contributed by atoms with Crippen molar-refractivity contribution >= 4 is 17.6 Å². The van der Waals surface area contributed by atoms with Crippen LogP contribution in [-0.2, 0) is 4.79 Å². The fourth-order valence-electron chi connectivity index (χ4n) is 3.80. The van der Waals surface area contributed by atoms with Crippen molar-refractivity contribution in [3.05, 3.63) is 29.8 Å². The number of hydrogen-bond acceptors (Lipinski definition) is 2. The van der Waals surface area contributed by atoms with Crippen LogP contribution in [0.2, 0.25) is 0 Å². The maximum absolute atomic E-state index is 12.7. The van der Waals surface area contributed by atoms with E-state index in [4.69, 9.17) is 0 Å². The van der Waals surface area contributed by atoms with Gasteiger partial charge in [0.1, 0.15) is 0 Å². The van der Waals surface area contributed by atoms with E-state index in [1.165, 1.54) is 12.8 Å². The summed E-state index contributed by atoms with van der Waals surface area (Å²) in [5, 5.41) is 2.96. The highest BCUT2D eigenvalue weighted by atomic mass is 16.2. The molecule has 3 rings (SSSR count). The molecule has 0 saturated carbocycles. The smallest absolute Gasteiger partial charge is 0.321 e. The SMILES string of the molecule is Cc1cccc(NC(=O)N2CCC(C(=O)N3CCCCCC3)CC2)c1. The van der Waals surface area contributed by atoms with Gasteiger partial charge in [0.25, 0.3) is 0 Å². The lowest BCUT2D eigenvalue weighted by Crippen LogP contribution is -2.45. The first-order valence-corrected chi connectivity index (χ1v) is 9.55. The minimum absolute atomic E-state index is 0.0636. The quantitative estimate of drug-likeness (QED) is 0.891. The van der Waals surface area contributed by atoms with E-state index < -0.39 is 0 Å². The zero-order chi connectivity index (χ0) is 17.6. The molecule has 5 heteroatoms. The topological polar surface area (TPSA) is 52.7 Å². The van der Waals surface area contributed by atoms with E-state index >= 15 is 0 Å².